The molecule has 22 heteroatoms. The van der Waals surface area contributed by atoms with Crippen LogP contribution in [0.5, 0.6) is 0 Å². The van der Waals surface area contributed by atoms with Crippen molar-refractivity contribution in [3.63, 3.8) is 0 Å². The SMILES string of the molecule is CC1CCC(OCC(F)(F)C(F)(F)COC2(C)CCC(C(F)(C(F)(F)F)C(F)(F)F)O2)(C(F)(C(F)(F)F)C(F)(F)F)O1. The minimum absolute atomic E-state index is 0.373. The Kier molecular flexibility index (Phi) is 9.27. The standard InChI is InChI=1S/C20H20F18O4/c1-9-3-6-14(41-9,16(26,19(33,34)35)20(36,37)38)40-8-13(23,24)12(21,22)7-39-11(2)5-4-10(42-11)15(25,17(27,28)29)18(30,31)32/h9-10H,3-8H2,1-2H3. The average molecular weight is 666 g/mol. The minimum Gasteiger partial charge on any atom is -0.344 e. The van der Waals surface area contributed by atoms with Crippen LogP contribution in [0, 0.1) is 0 Å². The Morgan fingerprint density at radius 2 is 1.02 bits per heavy atom. The van der Waals surface area contributed by atoms with E-state index in [0.717, 1.165) is 6.92 Å². The molecule has 0 aromatic rings. The van der Waals surface area contributed by atoms with Crippen molar-refractivity contribution in [2.75, 3.05) is 13.2 Å². The van der Waals surface area contributed by atoms with Crippen molar-refractivity contribution < 1.29 is 98.0 Å². The molecule has 2 rings (SSSR count). The first kappa shape index (κ1) is 36.8. The number of rotatable bonds is 9. The average Bonchev–Trinajstić information content (AvgIpc) is 3.36. The van der Waals surface area contributed by atoms with Crippen LogP contribution in [-0.2, 0) is 18.9 Å². The number of ether oxygens (including phenoxy) is 4. The highest BCUT2D eigenvalue weighted by atomic mass is 19.4. The normalized spacial score (nSPS) is 29.4. The van der Waals surface area contributed by atoms with Crippen molar-refractivity contribution in [3.05, 3.63) is 0 Å². The molecule has 2 fully saturated rings. The molecule has 0 aromatic carbocycles. The maximum atomic E-state index is 14.8. The monoisotopic (exact) mass is 666 g/mol. The van der Waals surface area contributed by atoms with Gasteiger partial charge in [-0.05, 0) is 26.7 Å². The van der Waals surface area contributed by atoms with Crippen molar-refractivity contribution in [1.29, 1.82) is 0 Å². The molecule has 250 valence electrons. The minimum atomic E-state index is -6.93. The smallest absolute Gasteiger partial charge is 0.344 e. The number of hydrogen-bond donors (Lipinski definition) is 0. The van der Waals surface area contributed by atoms with Gasteiger partial charge in [0.05, 0.1) is 6.10 Å². The summed E-state index contributed by atoms with van der Waals surface area (Å²) in [5.41, 5.74) is -12.6. The molecule has 2 heterocycles. The third-order valence-electron chi connectivity index (χ3n) is 6.68. The molecular formula is C20H20F18O4. The largest absolute Gasteiger partial charge is 0.437 e. The van der Waals surface area contributed by atoms with Gasteiger partial charge in [-0.25, -0.2) is 8.78 Å². The Hall–Kier alpha value is -1.42. The summed E-state index contributed by atoms with van der Waals surface area (Å²) in [5, 5.41) is 0. The van der Waals surface area contributed by atoms with Gasteiger partial charge in [-0.2, -0.15) is 70.2 Å². The second-order valence-corrected chi connectivity index (χ2v) is 9.85. The Bertz CT molecular complexity index is 929. The first-order valence-electron chi connectivity index (χ1n) is 11.4. The summed E-state index contributed by atoms with van der Waals surface area (Å²) in [7, 11) is 0. The van der Waals surface area contributed by atoms with E-state index in [-0.39, 0.29) is 0 Å². The topological polar surface area (TPSA) is 36.9 Å². The van der Waals surface area contributed by atoms with Crippen molar-refractivity contribution in [3.8, 4) is 0 Å². The van der Waals surface area contributed by atoms with Crippen LogP contribution < -0.4 is 0 Å². The quantitative estimate of drug-likeness (QED) is 0.236. The van der Waals surface area contributed by atoms with Gasteiger partial charge >= 0.3 is 47.9 Å². The van der Waals surface area contributed by atoms with Gasteiger partial charge in [0.25, 0.3) is 0 Å². The molecule has 2 aliphatic rings. The summed E-state index contributed by atoms with van der Waals surface area (Å²) in [5.74, 6) is -19.2. The predicted octanol–water partition coefficient (Wildman–Crippen LogP) is 7.75. The zero-order valence-corrected chi connectivity index (χ0v) is 20.8. The van der Waals surface area contributed by atoms with E-state index in [4.69, 9.17) is 0 Å². The van der Waals surface area contributed by atoms with Gasteiger partial charge in [-0.15, -0.1) is 0 Å². The van der Waals surface area contributed by atoms with Crippen LogP contribution in [0.1, 0.15) is 39.5 Å². The van der Waals surface area contributed by atoms with Crippen molar-refractivity contribution in [1.82, 2.24) is 0 Å². The summed E-state index contributed by atoms with van der Waals surface area (Å²) in [6, 6.07) is 0. The van der Waals surface area contributed by atoms with Crippen LogP contribution in [-0.4, -0.2) is 84.9 Å². The number of hydrogen-bond acceptors (Lipinski definition) is 4. The molecule has 0 aliphatic carbocycles. The molecular weight excluding hydrogens is 646 g/mol. The Morgan fingerprint density at radius 1 is 0.595 bits per heavy atom. The van der Waals surface area contributed by atoms with E-state index in [9.17, 15) is 79.0 Å². The van der Waals surface area contributed by atoms with Gasteiger partial charge < -0.3 is 18.9 Å². The van der Waals surface area contributed by atoms with E-state index < -0.39 is 111 Å². The molecule has 2 aliphatic heterocycles. The van der Waals surface area contributed by atoms with Gasteiger partial charge in [0, 0.05) is 12.8 Å². The summed E-state index contributed by atoms with van der Waals surface area (Å²) < 4.78 is 260. The molecule has 42 heavy (non-hydrogen) atoms. The van der Waals surface area contributed by atoms with Crippen LogP contribution in [0.2, 0.25) is 0 Å². The Labute approximate surface area is 223 Å². The lowest BCUT2D eigenvalue weighted by Gasteiger charge is -2.44. The lowest BCUT2D eigenvalue weighted by Crippen LogP contribution is -2.69. The zero-order valence-electron chi connectivity index (χ0n) is 20.8. The maximum absolute atomic E-state index is 14.8. The highest BCUT2D eigenvalue weighted by Crippen LogP contribution is 2.58. The molecule has 2 saturated heterocycles. The fourth-order valence-corrected chi connectivity index (χ4v) is 4.27. The molecule has 0 amide bonds. The van der Waals surface area contributed by atoms with E-state index >= 15 is 0 Å². The van der Waals surface area contributed by atoms with E-state index in [1.807, 2.05) is 0 Å². The summed E-state index contributed by atoms with van der Waals surface area (Å²) in [4.78, 5) is 0. The van der Waals surface area contributed by atoms with Crippen LogP contribution in [0.3, 0.4) is 0 Å². The molecule has 0 radical (unpaired) electrons. The summed E-state index contributed by atoms with van der Waals surface area (Å²) in [6.07, 6.45) is -37.5. The van der Waals surface area contributed by atoms with Crippen molar-refractivity contribution in [2.45, 2.75) is 111 Å². The lowest BCUT2D eigenvalue weighted by molar-refractivity contribution is -0.443. The van der Waals surface area contributed by atoms with Gasteiger partial charge in [0.2, 0.25) is 5.79 Å². The molecule has 4 nitrogen and oxygen atoms in total. The third-order valence-corrected chi connectivity index (χ3v) is 6.68. The van der Waals surface area contributed by atoms with Gasteiger partial charge in [-0.3, -0.25) is 0 Å². The highest BCUT2D eigenvalue weighted by molar-refractivity contribution is 5.09. The lowest BCUT2D eigenvalue weighted by atomic mass is 9.90. The second-order valence-electron chi connectivity index (χ2n) is 9.85. The molecule has 0 bridgehead atoms. The Morgan fingerprint density at radius 3 is 1.38 bits per heavy atom. The molecule has 0 N–H and O–H groups in total. The Balaban J connectivity index is 2.26. The number of halogens is 18. The number of alkyl halides is 18. The predicted molar refractivity (Wildman–Crippen MR) is 98.7 cm³/mol. The fourth-order valence-electron chi connectivity index (χ4n) is 4.27. The van der Waals surface area contributed by atoms with E-state index in [0.29, 0.717) is 6.92 Å². The zero-order chi connectivity index (χ0) is 33.2. The molecule has 4 unspecified atom stereocenters. The van der Waals surface area contributed by atoms with Gasteiger partial charge in [-0.1, -0.05) is 0 Å². The third kappa shape index (κ3) is 6.09. The molecule has 4 atom stereocenters. The van der Waals surface area contributed by atoms with E-state index in [2.05, 4.69) is 18.9 Å². The van der Waals surface area contributed by atoms with Crippen LogP contribution in [0.25, 0.3) is 0 Å². The van der Waals surface area contributed by atoms with Gasteiger partial charge in [0.15, 0.2) is 5.79 Å². The molecule has 0 aromatic heterocycles. The van der Waals surface area contributed by atoms with Crippen molar-refractivity contribution >= 4 is 0 Å². The van der Waals surface area contributed by atoms with Crippen LogP contribution >= 0.6 is 0 Å². The van der Waals surface area contributed by atoms with E-state index in [1.54, 1.807) is 0 Å². The van der Waals surface area contributed by atoms with Crippen LogP contribution in [0.15, 0.2) is 0 Å². The second kappa shape index (κ2) is 10.6. The summed E-state index contributed by atoms with van der Waals surface area (Å²) >= 11 is 0. The molecule has 0 spiro atoms. The molecule has 0 saturated carbocycles. The first-order chi connectivity index (χ1) is 18.3. The summed E-state index contributed by atoms with van der Waals surface area (Å²) in [6.45, 7) is -4.62. The van der Waals surface area contributed by atoms with E-state index in [1.165, 1.54) is 0 Å². The van der Waals surface area contributed by atoms with Gasteiger partial charge in [0.1, 0.15) is 19.3 Å². The maximum Gasteiger partial charge on any atom is 0.437 e. The fraction of sp³-hybridized carbons (Fsp3) is 1.00. The highest BCUT2D eigenvalue weighted by Gasteiger charge is 2.85. The van der Waals surface area contributed by atoms with Crippen LogP contribution in [0.4, 0.5) is 79.0 Å². The first-order valence-corrected chi connectivity index (χ1v) is 11.4. The van der Waals surface area contributed by atoms with Crippen molar-refractivity contribution in [2.24, 2.45) is 0 Å².